The molecule has 0 N–H and O–H groups in total. The summed E-state index contributed by atoms with van der Waals surface area (Å²) in [4.78, 5) is 14.6. The number of amides is 1. The maximum Gasteiger partial charge on any atom is 0.253 e. The maximum atomic E-state index is 12.6. The molecular weight excluding hydrogens is 405 g/mol. The van der Waals surface area contributed by atoms with Crippen molar-refractivity contribution in [2.75, 3.05) is 18.8 Å². The normalized spacial score (nSPS) is 18.8. The van der Waals surface area contributed by atoms with Gasteiger partial charge in [0.05, 0.1) is 0 Å². The molecule has 1 amide bonds. The molecule has 0 aromatic heterocycles. The summed E-state index contributed by atoms with van der Waals surface area (Å²) >= 11 is 4.22. The monoisotopic (exact) mass is 423 g/mol. The first-order valence-corrected chi connectivity index (χ1v) is 9.58. The molecule has 1 fully saturated rings. The van der Waals surface area contributed by atoms with Gasteiger partial charge in [-0.05, 0) is 58.8 Å². The Kier molecular flexibility index (Phi) is 5.41. The fourth-order valence-electron chi connectivity index (χ4n) is 2.68. The minimum Gasteiger partial charge on any atom is -0.338 e. The van der Waals surface area contributed by atoms with Gasteiger partial charge >= 0.3 is 0 Å². The number of rotatable bonds is 2. The van der Waals surface area contributed by atoms with Crippen molar-refractivity contribution < 1.29 is 4.79 Å². The molecule has 1 heterocycles. The molecule has 1 atom stereocenters. The minimum absolute atomic E-state index is 0.158. The molecule has 0 spiro atoms. The quantitative estimate of drug-likeness (QED) is 0.658. The Labute approximate surface area is 149 Å². The summed E-state index contributed by atoms with van der Waals surface area (Å²) in [6.45, 7) is 1.66. The molecule has 2 aromatic rings. The highest BCUT2D eigenvalue weighted by Gasteiger charge is 2.22. The van der Waals surface area contributed by atoms with Crippen LogP contribution in [0.5, 0.6) is 0 Å². The van der Waals surface area contributed by atoms with Crippen molar-refractivity contribution in [2.24, 2.45) is 0 Å². The van der Waals surface area contributed by atoms with E-state index in [9.17, 15) is 4.79 Å². The van der Waals surface area contributed by atoms with Crippen LogP contribution >= 0.6 is 34.4 Å². The average molecular weight is 423 g/mol. The molecule has 0 aliphatic carbocycles. The number of carbonyl (C=O) groups is 1. The highest BCUT2D eigenvalue weighted by molar-refractivity contribution is 14.1. The number of hydrogen-bond donors (Lipinski definition) is 0. The SMILES string of the molecule is O=C(c1ccc(I)cc1)N1CCSC(c2ccccc2)CC1. The summed E-state index contributed by atoms with van der Waals surface area (Å²) in [6, 6.07) is 18.5. The fraction of sp³-hybridized carbons (Fsp3) is 0.278. The van der Waals surface area contributed by atoms with Gasteiger partial charge in [-0.15, -0.1) is 0 Å². The van der Waals surface area contributed by atoms with E-state index in [1.54, 1.807) is 0 Å². The van der Waals surface area contributed by atoms with Gasteiger partial charge in [-0.25, -0.2) is 0 Å². The van der Waals surface area contributed by atoms with E-state index in [0.29, 0.717) is 5.25 Å². The summed E-state index contributed by atoms with van der Waals surface area (Å²) < 4.78 is 1.16. The second-order valence-corrected chi connectivity index (χ2v) is 7.91. The van der Waals surface area contributed by atoms with Gasteiger partial charge in [0, 0.05) is 33.2 Å². The first-order chi connectivity index (χ1) is 10.7. The van der Waals surface area contributed by atoms with Crippen molar-refractivity contribution in [1.82, 2.24) is 4.90 Å². The van der Waals surface area contributed by atoms with E-state index in [0.717, 1.165) is 34.4 Å². The molecular formula is C18H18INOS. The molecule has 1 saturated heterocycles. The average Bonchev–Trinajstić information content (AvgIpc) is 2.82. The number of nitrogens with zero attached hydrogens (tertiary/aromatic N) is 1. The molecule has 1 aliphatic heterocycles. The molecule has 4 heteroatoms. The summed E-state index contributed by atoms with van der Waals surface area (Å²) in [6.07, 6.45) is 1.02. The smallest absolute Gasteiger partial charge is 0.253 e. The molecule has 0 radical (unpaired) electrons. The summed E-state index contributed by atoms with van der Waals surface area (Å²) in [7, 11) is 0. The van der Waals surface area contributed by atoms with E-state index < -0.39 is 0 Å². The van der Waals surface area contributed by atoms with Crippen LogP contribution < -0.4 is 0 Å². The van der Waals surface area contributed by atoms with Gasteiger partial charge in [-0.3, -0.25) is 4.79 Å². The van der Waals surface area contributed by atoms with Crippen LogP contribution in [0, 0.1) is 3.57 Å². The van der Waals surface area contributed by atoms with Crippen LogP contribution in [0.15, 0.2) is 54.6 Å². The van der Waals surface area contributed by atoms with Gasteiger partial charge in [0.1, 0.15) is 0 Å². The van der Waals surface area contributed by atoms with Crippen LogP contribution in [0.1, 0.15) is 27.6 Å². The molecule has 2 aromatic carbocycles. The van der Waals surface area contributed by atoms with Crippen LogP contribution in [0.25, 0.3) is 0 Å². The minimum atomic E-state index is 0.158. The number of thioether (sulfide) groups is 1. The molecule has 0 saturated carbocycles. The number of hydrogen-bond acceptors (Lipinski definition) is 2. The third-order valence-corrected chi connectivity index (χ3v) is 5.94. The first-order valence-electron chi connectivity index (χ1n) is 7.45. The Balaban J connectivity index is 1.67. The van der Waals surface area contributed by atoms with Crippen molar-refractivity contribution in [3.8, 4) is 0 Å². The lowest BCUT2D eigenvalue weighted by Crippen LogP contribution is -2.32. The lowest BCUT2D eigenvalue weighted by molar-refractivity contribution is 0.0766. The Morgan fingerprint density at radius 3 is 2.50 bits per heavy atom. The molecule has 22 heavy (non-hydrogen) atoms. The predicted molar refractivity (Wildman–Crippen MR) is 101 cm³/mol. The number of benzene rings is 2. The third kappa shape index (κ3) is 3.84. The van der Waals surface area contributed by atoms with Crippen LogP contribution in [0.2, 0.25) is 0 Å². The van der Waals surface area contributed by atoms with Gasteiger partial charge in [0.2, 0.25) is 0 Å². The molecule has 3 rings (SSSR count). The lowest BCUT2D eigenvalue weighted by Gasteiger charge is -2.20. The topological polar surface area (TPSA) is 20.3 Å². The van der Waals surface area contributed by atoms with Gasteiger partial charge in [0.15, 0.2) is 0 Å². The van der Waals surface area contributed by atoms with Crippen LogP contribution in [0.3, 0.4) is 0 Å². The Hall–Kier alpha value is -1.01. The van der Waals surface area contributed by atoms with Crippen LogP contribution in [-0.2, 0) is 0 Å². The summed E-state index contributed by atoms with van der Waals surface area (Å²) in [5, 5.41) is 0.496. The van der Waals surface area contributed by atoms with Crippen LogP contribution in [-0.4, -0.2) is 29.6 Å². The first kappa shape index (κ1) is 15.9. The third-order valence-electron chi connectivity index (χ3n) is 3.89. The van der Waals surface area contributed by atoms with E-state index in [4.69, 9.17) is 0 Å². The Morgan fingerprint density at radius 2 is 1.77 bits per heavy atom. The van der Waals surface area contributed by atoms with Gasteiger partial charge in [0.25, 0.3) is 5.91 Å². The van der Waals surface area contributed by atoms with Crippen molar-refractivity contribution in [3.63, 3.8) is 0 Å². The zero-order valence-electron chi connectivity index (χ0n) is 12.2. The van der Waals surface area contributed by atoms with Crippen molar-refractivity contribution in [1.29, 1.82) is 0 Å². The van der Waals surface area contributed by atoms with E-state index in [1.807, 2.05) is 40.9 Å². The summed E-state index contributed by atoms with van der Waals surface area (Å²) in [5.41, 5.74) is 2.17. The van der Waals surface area contributed by atoms with E-state index in [-0.39, 0.29) is 5.91 Å². The highest BCUT2D eigenvalue weighted by Crippen LogP contribution is 2.34. The van der Waals surface area contributed by atoms with E-state index >= 15 is 0 Å². The molecule has 1 unspecified atom stereocenters. The lowest BCUT2D eigenvalue weighted by atomic mass is 10.1. The Morgan fingerprint density at radius 1 is 1.05 bits per heavy atom. The molecule has 1 aliphatic rings. The zero-order valence-corrected chi connectivity index (χ0v) is 15.2. The van der Waals surface area contributed by atoms with E-state index in [1.165, 1.54) is 5.56 Å². The van der Waals surface area contributed by atoms with Crippen molar-refractivity contribution >= 4 is 40.3 Å². The fourth-order valence-corrected chi connectivity index (χ4v) is 4.27. The predicted octanol–water partition coefficient (Wildman–Crippen LogP) is 4.61. The second kappa shape index (κ2) is 7.51. The zero-order chi connectivity index (χ0) is 15.4. The Bertz CT molecular complexity index is 629. The number of carbonyl (C=O) groups excluding carboxylic acids is 1. The highest BCUT2D eigenvalue weighted by atomic mass is 127. The molecule has 2 nitrogen and oxygen atoms in total. The standard InChI is InChI=1S/C18H18INOS/c19-16-8-6-15(7-9-16)18(21)20-11-10-17(22-13-12-20)14-4-2-1-3-5-14/h1-9,17H,10-13H2. The van der Waals surface area contributed by atoms with Gasteiger partial charge < -0.3 is 4.90 Å². The van der Waals surface area contributed by atoms with E-state index in [2.05, 4.69) is 52.9 Å². The van der Waals surface area contributed by atoms with Gasteiger partial charge in [-0.2, -0.15) is 11.8 Å². The molecule has 114 valence electrons. The van der Waals surface area contributed by atoms with Crippen LogP contribution in [0.4, 0.5) is 0 Å². The van der Waals surface area contributed by atoms with Crippen molar-refractivity contribution in [3.05, 3.63) is 69.3 Å². The van der Waals surface area contributed by atoms with Gasteiger partial charge in [-0.1, -0.05) is 30.3 Å². The second-order valence-electron chi connectivity index (χ2n) is 5.36. The summed E-state index contributed by atoms with van der Waals surface area (Å²) in [5.74, 6) is 1.15. The number of halogens is 1. The molecule has 0 bridgehead atoms. The maximum absolute atomic E-state index is 12.6. The van der Waals surface area contributed by atoms with Crippen molar-refractivity contribution in [2.45, 2.75) is 11.7 Å². The largest absolute Gasteiger partial charge is 0.338 e.